The van der Waals surface area contributed by atoms with Crippen molar-refractivity contribution in [2.24, 2.45) is 0 Å². The Balaban J connectivity index is 2.23. The Hall–Kier alpha value is -1.02. The van der Waals surface area contributed by atoms with Gasteiger partial charge in [0.1, 0.15) is 0 Å². The quantitative estimate of drug-likeness (QED) is 0.465. The first kappa shape index (κ1) is 18.0. The minimum absolute atomic E-state index is 0.785. The van der Waals surface area contributed by atoms with Gasteiger partial charge in [0.05, 0.1) is 0 Å². The molecule has 0 saturated heterocycles. The smallest absolute Gasteiger partial charge is 0.0269 e. The third-order valence-electron chi connectivity index (χ3n) is 4.19. The summed E-state index contributed by atoms with van der Waals surface area (Å²) in [5, 5.41) is 3.48. The lowest BCUT2D eigenvalue weighted by atomic mass is 10.1. The van der Waals surface area contributed by atoms with Crippen LogP contribution in [0.5, 0.6) is 0 Å². The molecule has 0 aliphatic heterocycles. The molecule has 0 radical (unpaired) electrons. The summed E-state index contributed by atoms with van der Waals surface area (Å²) >= 11 is 0. The average Bonchev–Trinajstić information content (AvgIpc) is 2.95. The van der Waals surface area contributed by atoms with Gasteiger partial charge in [-0.05, 0) is 52.7 Å². The standard InChI is InChI=1S/C19H34N2/c1-5-14-21(19-11-6-7-12-19)15-13-20-16-18(4)10-8-9-17(2)3/h5,9,16,19-20H,1,6-8,10-15H2,2-4H3/b18-16+. The van der Waals surface area contributed by atoms with Gasteiger partial charge in [0.25, 0.3) is 0 Å². The molecule has 0 bridgehead atoms. The van der Waals surface area contributed by atoms with Crippen LogP contribution in [0.3, 0.4) is 0 Å². The van der Waals surface area contributed by atoms with Gasteiger partial charge in [-0.2, -0.15) is 0 Å². The molecule has 0 heterocycles. The van der Waals surface area contributed by atoms with E-state index < -0.39 is 0 Å². The maximum atomic E-state index is 3.90. The van der Waals surface area contributed by atoms with Crippen LogP contribution in [0.1, 0.15) is 59.3 Å². The fraction of sp³-hybridized carbons (Fsp3) is 0.684. The van der Waals surface area contributed by atoms with E-state index in [1.54, 1.807) is 0 Å². The summed E-state index contributed by atoms with van der Waals surface area (Å²) in [7, 11) is 0. The van der Waals surface area contributed by atoms with Crippen LogP contribution >= 0.6 is 0 Å². The highest BCUT2D eigenvalue weighted by Crippen LogP contribution is 2.22. The fourth-order valence-corrected chi connectivity index (χ4v) is 2.97. The summed E-state index contributed by atoms with van der Waals surface area (Å²) < 4.78 is 0. The van der Waals surface area contributed by atoms with Crippen molar-refractivity contribution in [2.45, 2.75) is 65.3 Å². The van der Waals surface area contributed by atoms with Gasteiger partial charge in [0.2, 0.25) is 0 Å². The molecule has 1 N–H and O–H groups in total. The van der Waals surface area contributed by atoms with Crippen LogP contribution < -0.4 is 5.32 Å². The lowest BCUT2D eigenvalue weighted by Gasteiger charge is -2.27. The van der Waals surface area contributed by atoms with Crippen molar-refractivity contribution >= 4 is 0 Å². The zero-order valence-corrected chi connectivity index (χ0v) is 14.3. The highest BCUT2D eigenvalue weighted by molar-refractivity contribution is 5.01. The van der Waals surface area contributed by atoms with Gasteiger partial charge in [-0.3, -0.25) is 4.90 Å². The Morgan fingerprint density at radius 2 is 1.95 bits per heavy atom. The first-order valence-electron chi connectivity index (χ1n) is 8.51. The Kier molecular flexibility index (Phi) is 9.16. The monoisotopic (exact) mass is 290 g/mol. The minimum Gasteiger partial charge on any atom is -0.390 e. The Bertz CT molecular complexity index is 345. The summed E-state index contributed by atoms with van der Waals surface area (Å²) in [6.45, 7) is 13.6. The molecule has 0 atom stereocenters. The Morgan fingerprint density at radius 1 is 1.24 bits per heavy atom. The molecule has 0 aromatic carbocycles. The van der Waals surface area contributed by atoms with Crippen LogP contribution in [0, 0.1) is 0 Å². The van der Waals surface area contributed by atoms with E-state index in [0.717, 1.165) is 38.5 Å². The third kappa shape index (κ3) is 8.11. The van der Waals surface area contributed by atoms with Gasteiger partial charge in [-0.15, -0.1) is 6.58 Å². The van der Waals surface area contributed by atoms with Crippen molar-refractivity contribution in [2.75, 3.05) is 19.6 Å². The summed E-state index contributed by atoms with van der Waals surface area (Å²) in [5.74, 6) is 0. The first-order chi connectivity index (χ1) is 10.1. The highest BCUT2D eigenvalue weighted by Gasteiger charge is 2.20. The summed E-state index contributed by atoms with van der Waals surface area (Å²) in [4.78, 5) is 2.58. The molecule has 1 aliphatic carbocycles. The average molecular weight is 290 g/mol. The lowest BCUT2D eigenvalue weighted by molar-refractivity contribution is 0.223. The van der Waals surface area contributed by atoms with Crippen molar-refractivity contribution < 1.29 is 0 Å². The SMILES string of the molecule is C=CCN(CCN/C=C(\C)CCC=C(C)C)C1CCCC1. The second kappa shape index (κ2) is 10.7. The van der Waals surface area contributed by atoms with Gasteiger partial charge in [-0.25, -0.2) is 0 Å². The van der Waals surface area contributed by atoms with Crippen molar-refractivity contribution in [3.05, 3.63) is 36.1 Å². The summed E-state index contributed by atoms with van der Waals surface area (Å²) in [5.41, 5.74) is 2.84. The first-order valence-corrected chi connectivity index (χ1v) is 8.51. The van der Waals surface area contributed by atoms with Crippen LogP contribution in [0.2, 0.25) is 0 Å². The van der Waals surface area contributed by atoms with Crippen molar-refractivity contribution in [3.8, 4) is 0 Å². The molecule has 0 unspecified atom stereocenters. The molecule has 120 valence electrons. The van der Waals surface area contributed by atoms with E-state index in [1.165, 1.54) is 36.8 Å². The molecule has 0 aromatic rings. The van der Waals surface area contributed by atoms with Gasteiger partial charge >= 0.3 is 0 Å². The topological polar surface area (TPSA) is 15.3 Å². The van der Waals surface area contributed by atoms with Crippen molar-refractivity contribution in [3.63, 3.8) is 0 Å². The molecule has 1 fully saturated rings. The van der Waals surface area contributed by atoms with E-state index >= 15 is 0 Å². The van der Waals surface area contributed by atoms with E-state index in [0.29, 0.717) is 0 Å². The van der Waals surface area contributed by atoms with E-state index in [2.05, 4.69) is 49.8 Å². The number of hydrogen-bond donors (Lipinski definition) is 1. The zero-order valence-electron chi connectivity index (χ0n) is 14.3. The molecule has 0 amide bonds. The fourth-order valence-electron chi connectivity index (χ4n) is 2.97. The van der Waals surface area contributed by atoms with Gasteiger partial charge < -0.3 is 5.32 Å². The largest absolute Gasteiger partial charge is 0.390 e. The number of allylic oxidation sites excluding steroid dienone is 3. The molecule has 0 aromatic heterocycles. The summed E-state index contributed by atoms with van der Waals surface area (Å²) in [6, 6.07) is 0.785. The highest BCUT2D eigenvalue weighted by atomic mass is 15.2. The van der Waals surface area contributed by atoms with Gasteiger partial charge in [0.15, 0.2) is 0 Å². The molecule has 0 spiro atoms. The molecular weight excluding hydrogens is 256 g/mol. The number of nitrogens with zero attached hydrogens (tertiary/aromatic N) is 1. The van der Waals surface area contributed by atoms with Gasteiger partial charge in [-0.1, -0.05) is 36.1 Å². The second-order valence-corrected chi connectivity index (χ2v) is 6.49. The van der Waals surface area contributed by atoms with E-state index in [1.807, 2.05) is 6.08 Å². The predicted octanol–water partition coefficient (Wildman–Crippen LogP) is 4.66. The molecule has 21 heavy (non-hydrogen) atoms. The second-order valence-electron chi connectivity index (χ2n) is 6.49. The molecule has 1 rings (SSSR count). The lowest BCUT2D eigenvalue weighted by Crippen LogP contribution is -2.37. The number of hydrogen-bond acceptors (Lipinski definition) is 2. The van der Waals surface area contributed by atoms with Crippen LogP contribution in [-0.4, -0.2) is 30.6 Å². The van der Waals surface area contributed by atoms with E-state index in [4.69, 9.17) is 0 Å². The van der Waals surface area contributed by atoms with E-state index in [-0.39, 0.29) is 0 Å². The molecule has 2 heteroatoms. The van der Waals surface area contributed by atoms with Crippen LogP contribution in [0.25, 0.3) is 0 Å². The molecule has 2 nitrogen and oxygen atoms in total. The van der Waals surface area contributed by atoms with Crippen LogP contribution in [0.15, 0.2) is 36.1 Å². The van der Waals surface area contributed by atoms with Crippen LogP contribution in [0.4, 0.5) is 0 Å². The molecule has 1 saturated carbocycles. The maximum absolute atomic E-state index is 3.90. The Morgan fingerprint density at radius 3 is 2.57 bits per heavy atom. The van der Waals surface area contributed by atoms with Crippen molar-refractivity contribution in [1.29, 1.82) is 0 Å². The van der Waals surface area contributed by atoms with Gasteiger partial charge in [0, 0.05) is 25.7 Å². The van der Waals surface area contributed by atoms with Crippen LogP contribution in [-0.2, 0) is 0 Å². The number of nitrogens with one attached hydrogen (secondary N) is 1. The summed E-state index contributed by atoms with van der Waals surface area (Å²) in [6.07, 6.45) is 14.4. The minimum atomic E-state index is 0.785. The zero-order chi connectivity index (χ0) is 15.5. The maximum Gasteiger partial charge on any atom is 0.0269 e. The molecule has 1 aliphatic rings. The third-order valence-corrected chi connectivity index (χ3v) is 4.19. The van der Waals surface area contributed by atoms with Crippen molar-refractivity contribution in [1.82, 2.24) is 10.2 Å². The normalized spacial score (nSPS) is 16.3. The molecular formula is C19H34N2. The van der Waals surface area contributed by atoms with E-state index in [9.17, 15) is 0 Å². The number of rotatable bonds is 10. The predicted molar refractivity (Wildman–Crippen MR) is 94.5 cm³/mol. The Labute approximate surface area is 132 Å².